The number of carboxylic acid groups (broad SMARTS) is 1. The molecule has 1 heterocycles. The van der Waals surface area contributed by atoms with Gasteiger partial charge in [-0.05, 0) is 39.0 Å². The van der Waals surface area contributed by atoms with Crippen molar-refractivity contribution in [2.75, 3.05) is 19.7 Å². The number of amides is 1. The topological polar surface area (TPSA) is 66.8 Å². The Morgan fingerprint density at radius 2 is 1.95 bits per heavy atom. The van der Waals surface area contributed by atoms with E-state index in [0.717, 1.165) is 32.3 Å². The van der Waals surface area contributed by atoms with Crippen LogP contribution in [0.1, 0.15) is 45.4 Å². The zero-order valence-electron chi connectivity index (χ0n) is 12.2. The summed E-state index contributed by atoms with van der Waals surface area (Å²) < 4.78 is 5.59. The smallest absolute Gasteiger partial charge is 0.306 e. The van der Waals surface area contributed by atoms with E-state index in [1.54, 1.807) is 0 Å². The van der Waals surface area contributed by atoms with Crippen LogP contribution < -0.4 is 0 Å². The van der Waals surface area contributed by atoms with Crippen molar-refractivity contribution in [3.05, 3.63) is 0 Å². The van der Waals surface area contributed by atoms with Crippen molar-refractivity contribution in [3.8, 4) is 0 Å². The van der Waals surface area contributed by atoms with Gasteiger partial charge in [0.1, 0.15) is 0 Å². The van der Waals surface area contributed by atoms with Crippen LogP contribution in [-0.2, 0) is 14.3 Å². The molecule has 5 heteroatoms. The molecule has 0 spiro atoms. The molecule has 1 saturated heterocycles. The highest BCUT2D eigenvalue weighted by Gasteiger charge is 2.33. The van der Waals surface area contributed by atoms with Gasteiger partial charge in [-0.15, -0.1) is 0 Å². The Labute approximate surface area is 120 Å². The van der Waals surface area contributed by atoms with E-state index in [0.29, 0.717) is 25.9 Å². The van der Waals surface area contributed by atoms with E-state index in [-0.39, 0.29) is 23.8 Å². The van der Waals surface area contributed by atoms with Gasteiger partial charge in [-0.3, -0.25) is 9.59 Å². The van der Waals surface area contributed by atoms with E-state index in [9.17, 15) is 9.59 Å². The van der Waals surface area contributed by atoms with Crippen molar-refractivity contribution < 1.29 is 19.4 Å². The summed E-state index contributed by atoms with van der Waals surface area (Å²) in [4.78, 5) is 25.5. The number of rotatable bonds is 5. The molecule has 0 bridgehead atoms. The van der Waals surface area contributed by atoms with Gasteiger partial charge in [0.2, 0.25) is 5.91 Å². The zero-order valence-corrected chi connectivity index (χ0v) is 12.2. The van der Waals surface area contributed by atoms with Crippen LogP contribution in [0.5, 0.6) is 0 Å². The molecule has 1 saturated carbocycles. The van der Waals surface area contributed by atoms with Crippen molar-refractivity contribution in [2.45, 2.75) is 51.6 Å². The Kier molecular flexibility index (Phi) is 5.40. The van der Waals surface area contributed by atoms with Gasteiger partial charge in [0.25, 0.3) is 0 Å². The maximum absolute atomic E-state index is 12.6. The molecule has 0 aromatic heterocycles. The minimum atomic E-state index is -0.760. The summed E-state index contributed by atoms with van der Waals surface area (Å²) in [5, 5.41) is 9.12. The molecule has 0 unspecified atom stereocenters. The minimum absolute atomic E-state index is 0.119. The van der Waals surface area contributed by atoms with Crippen LogP contribution in [0.25, 0.3) is 0 Å². The monoisotopic (exact) mass is 283 g/mol. The molecule has 5 nitrogen and oxygen atoms in total. The second-order valence-electron chi connectivity index (χ2n) is 5.91. The number of hydrogen-bond acceptors (Lipinski definition) is 3. The maximum atomic E-state index is 12.6. The van der Waals surface area contributed by atoms with Crippen molar-refractivity contribution in [3.63, 3.8) is 0 Å². The number of carbonyl (C=O) groups excluding carboxylic acids is 1. The van der Waals surface area contributed by atoms with Gasteiger partial charge in [0, 0.05) is 25.6 Å². The fourth-order valence-corrected chi connectivity index (χ4v) is 3.31. The minimum Gasteiger partial charge on any atom is -0.481 e. The van der Waals surface area contributed by atoms with Crippen molar-refractivity contribution >= 4 is 11.9 Å². The van der Waals surface area contributed by atoms with Gasteiger partial charge in [0.15, 0.2) is 0 Å². The summed E-state index contributed by atoms with van der Waals surface area (Å²) in [5.41, 5.74) is 0. The van der Waals surface area contributed by atoms with Crippen LogP contribution in [0.2, 0.25) is 0 Å². The standard InChI is InChI=1S/C15H25NO4/c1-2-16(10-13-7-4-8-20-13)14(17)11-5-3-6-12(9-11)15(18)19/h11-13H,2-10H2,1H3,(H,18,19)/t11-,12-,13+/m1/s1. The lowest BCUT2D eigenvalue weighted by Crippen LogP contribution is -2.42. The van der Waals surface area contributed by atoms with Gasteiger partial charge in [-0.25, -0.2) is 0 Å². The van der Waals surface area contributed by atoms with E-state index in [2.05, 4.69) is 0 Å². The zero-order chi connectivity index (χ0) is 14.5. The fraction of sp³-hybridized carbons (Fsp3) is 0.867. The van der Waals surface area contributed by atoms with E-state index in [4.69, 9.17) is 9.84 Å². The Balaban J connectivity index is 1.91. The Bertz CT molecular complexity index is 352. The number of ether oxygens (including phenoxy) is 1. The summed E-state index contributed by atoms with van der Waals surface area (Å²) >= 11 is 0. The van der Waals surface area contributed by atoms with Crippen LogP contribution in [-0.4, -0.2) is 47.7 Å². The molecule has 2 rings (SSSR count). The number of likely N-dealkylation sites (N-methyl/N-ethyl adjacent to an activating group) is 1. The third-order valence-electron chi connectivity index (χ3n) is 4.51. The van der Waals surface area contributed by atoms with Crippen LogP contribution in [0.3, 0.4) is 0 Å². The molecule has 114 valence electrons. The highest BCUT2D eigenvalue weighted by molar-refractivity contribution is 5.80. The Morgan fingerprint density at radius 3 is 2.55 bits per heavy atom. The highest BCUT2D eigenvalue weighted by Crippen LogP contribution is 2.30. The first-order valence-electron chi connectivity index (χ1n) is 7.75. The predicted molar refractivity (Wildman–Crippen MR) is 74.3 cm³/mol. The van der Waals surface area contributed by atoms with Gasteiger partial charge in [0.05, 0.1) is 12.0 Å². The van der Waals surface area contributed by atoms with Crippen LogP contribution in [0.4, 0.5) is 0 Å². The first-order chi connectivity index (χ1) is 9.61. The number of nitrogens with zero attached hydrogens (tertiary/aromatic N) is 1. The lowest BCUT2D eigenvalue weighted by Gasteiger charge is -2.32. The SMILES string of the molecule is CCN(C[C@@H]1CCCO1)C(=O)[C@@H]1CCC[C@@H](C(=O)O)C1. The summed E-state index contributed by atoms with van der Waals surface area (Å²) in [5.74, 6) is -1.11. The Morgan fingerprint density at radius 1 is 1.20 bits per heavy atom. The summed E-state index contributed by atoms with van der Waals surface area (Å²) in [6.07, 6.45) is 5.12. The average Bonchev–Trinajstić information content (AvgIpc) is 2.97. The fourth-order valence-electron chi connectivity index (χ4n) is 3.31. The summed E-state index contributed by atoms with van der Waals surface area (Å²) in [6.45, 7) is 4.10. The van der Waals surface area contributed by atoms with Crippen LogP contribution in [0.15, 0.2) is 0 Å². The normalized spacial score (nSPS) is 30.1. The van der Waals surface area contributed by atoms with Gasteiger partial charge >= 0.3 is 5.97 Å². The second kappa shape index (κ2) is 7.07. The summed E-state index contributed by atoms with van der Waals surface area (Å²) in [6, 6.07) is 0. The molecule has 0 aromatic rings. The van der Waals surface area contributed by atoms with E-state index in [1.165, 1.54) is 0 Å². The van der Waals surface area contributed by atoms with Crippen molar-refractivity contribution in [2.24, 2.45) is 11.8 Å². The lowest BCUT2D eigenvalue weighted by molar-refractivity contribution is -0.145. The number of aliphatic carboxylic acids is 1. The second-order valence-corrected chi connectivity index (χ2v) is 5.91. The first kappa shape index (κ1) is 15.3. The van der Waals surface area contributed by atoms with E-state index in [1.807, 2.05) is 11.8 Å². The van der Waals surface area contributed by atoms with Gasteiger partial charge in [-0.1, -0.05) is 6.42 Å². The first-order valence-corrected chi connectivity index (χ1v) is 7.75. The molecular weight excluding hydrogens is 258 g/mol. The Hall–Kier alpha value is -1.10. The number of carboxylic acids is 1. The summed E-state index contributed by atoms with van der Waals surface area (Å²) in [7, 11) is 0. The molecule has 1 amide bonds. The van der Waals surface area contributed by atoms with Crippen molar-refractivity contribution in [1.82, 2.24) is 4.90 Å². The maximum Gasteiger partial charge on any atom is 0.306 e. The van der Waals surface area contributed by atoms with Crippen LogP contribution >= 0.6 is 0 Å². The molecule has 0 aromatic carbocycles. The quantitative estimate of drug-likeness (QED) is 0.837. The molecule has 2 fully saturated rings. The third kappa shape index (κ3) is 3.72. The molecule has 3 atom stereocenters. The van der Waals surface area contributed by atoms with Crippen molar-refractivity contribution in [1.29, 1.82) is 0 Å². The van der Waals surface area contributed by atoms with E-state index < -0.39 is 5.97 Å². The molecule has 1 N–H and O–H groups in total. The molecule has 1 aliphatic carbocycles. The molecule has 2 aliphatic rings. The lowest BCUT2D eigenvalue weighted by atomic mass is 9.80. The number of hydrogen-bond donors (Lipinski definition) is 1. The molecule has 1 aliphatic heterocycles. The predicted octanol–water partition coefficient (Wildman–Crippen LogP) is 1.90. The average molecular weight is 283 g/mol. The molecule has 0 radical (unpaired) electrons. The highest BCUT2D eigenvalue weighted by atomic mass is 16.5. The molecular formula is C15H25NO4. The third-order valence-corrected chi connectivity index (χ3v) is 4.51. The largest absolute Gasteiger partial charge is 0.481 e. The molecule has 20 heavy (non-hydrogen) atoms. The van der Waals surface area contributed by atoms with E-state index >= 15 is 0 Å². The van der Waals surface area contributed by atoms with Crippen LogP contribution in [0, 0.1) is 11.8 Å². The van der Waals surface area contributed by atoms with Gasteiger partial charge < -0.3 is 14.7 Å². The number of carbonyl (C=O) groups is 2. The van der Waals surface area contributed by atoms with Gasteiger partial charge in [-0.2, -0.15) is 0 Å².